The number of carbonyl (C=O) groups is 1. The number of ether oxygens (including phenoxy) is 1. The third-order valence-electron chi connectivity index (χ3n) is 3.18. The fourth-order valence-electron chi connectivity index (χ4n) is 1.97. The third kappa shape index (κ3) is 5.03. The Labute approximate surface area is 132 Å². The Bertz CT molecular complexity index is 660. The Morgan fingerprint density at radius 3 is 2.78 bits per heavy atom. The molecule has 0 spiro atoms. The lowest BCUT2D eigenvalue weighted by atomic mass is 10.1. The summed E-state index contributed by atoms with van der Waals surface area (Å²) in [5.74, 6) is 0. The van der Waals surface area contributed by atoms with E-state index in [4.69, 9.17) is 4.74 Å². The average molecular weight is 324 g/mol. The smallest absolute Gasteiger partial charge is 0.323 e. The molecule has 0 fully saturated rings. The maximum Gasteiger partial charge on any atom is 0.323 e. The molecule has 0 aliphatic rings. The summed E-state index contributed by atoms with van der Waals surface area (Å²) in [6, 6.07) is 6.76. The van der Waals surface area contributed by atoms with Crippen LogP contribution in [0.2, 0.25) is 0 Å². The minimum absolute atomic E-state index is 0.0904. The van der Waals surface area contributed by atoms with E-state index in [1.807, 2.05) is 13.0 Å². The van der Waals surface area contributed by atoms with Gasteiger partial charge in [0.15, 0.2) is 0 Å². The number of nitrogens with one attached hydrogen (secondary N) is 2. The lowest BCUT2D eigenvalue weighted by molar-refractivity contribution is 0.119. The fraction of sp³-hybridized carbons (Fsp3) is 0.333. The van der Waals surface area contributed by atoms with Crippen LogP contribution in [0.1, 0.15) is 18.6 Å². The highest BCUT2D eigenvalue weighted by Gasteiger charge is 2.09. The maximum absolute atomic E-state index is 12.2. The van der Waals surface area contributed by atoms with Gasteiger partial charge >= 0.3 is 6.03 Å². The summed E-state index contributed by atoms with van der Waals surface area (Å²) >= 11 is 0. The first-order valence-corrected chi connectivity index (χ1v) is 6.99. The Morgan fingerprint density at radius 2 is 2.09 bits per heavy atom. The van der Waals surface area contributed by atoms with Gasteiger partial charge in [0.1, 0.15) is 6.54 Å². The number of anilines is 2. The summed E-state index contributed by atoms with van der Waals surface area (Å²) in [6.45, 7) is 1.39. The van der Waals surface area contributed by atoms with Gasteiger partial charge < -0.3 is 15.4 Å². The summed E-state index contributed by atoms with van der Waals surface area (Å²) in [4.78, 5) is 11.9. The van der Waals surface area contributed by atoms with Crippen LogP contribution in [0.3, 0.4) is 0 Å². The van der Waals surface area contributed by atoms with Crippen molar-refractivity contribution in [3.63, 3.8) is 0 Å². The number of halogens is 2. The van der Waals surface area contributed by atoms with Crippen LogP contribution in [0, 0.1) is 0 Å². The molecule has 0 saturated heterocycles. The number of amides is 2. The van der Waals surface area contributed by atoms with Crippen molar-refractivity contribution in [2.24, 2.45) is 0 Å². The highest BCUT2D eigenvalue weighted by molar-refractivity contribution is 5.99. The number of methoxy groups -OCH3 is 1. The molecule has 0 radical (unpaired) electrons. The number of aromatic nitrogens is 2. The second-order valence-electron chi connectivity index (χ2n) is 4.92. The molecule has 0 aliphatic heterocycles. The Morgan fingerprint density at radius 1 is 1.35 bits per heavy atom. The van der Waals surface area contributed by atoms with Crippen molar-refractivity contribution in [2.45, 2.75) is 26.0 Å². The Balaban J connectivity index is 1.95. The van der Waals surface area contributed by atoms with E-state index >= 15 is 0 Å². The fourth-order valence-corrected chi connectivity index (χ4v) is 1.97. The van der Waals surface area contributed by atoms with E-state index in [1.165, 1.54) is 12.4 Å². The standard InChI is InChI=1S/C15H18F2N4O2/c1-10(23-2)11-4-3-5-12(6-11)19-15(22)20-13-7-18-21(8-13)9-14(16)17/h3-8,10,14H,9H2,1-2H3,(H2,19,20,22)/t10-/m0/s1. The van der Waals surface area contributed by atoms with Crippen molar-refractivity contribution in [2.75, 3.05) is 17.7 Å². The molecule has 2 N–H and O–H groups in total. The number of nitrogens with zero attached hydrogens (tertiary/aromatic N) is 2. The molecule has 0 aliphatic carbocycles. The molecule has 1 atom stereocenters. The van der Waals surface area contributed by atoms with Gasteiger partial charge in [0.25, 0.3) is 6.43 Å². The topological polar surface area (TPSA) is 68.2 Å². The quantitative estimate of drug-likeness (QED) is 0.854. The Hall–Kier alpha value is -2.48. The average Bonchev–Trinajstić information content (AvgIpc) is 2.92. The Kier molecular flexibility index (Phi) is 5.64. The first-order chi connectivity index (χ1) is 11.0. The zero-order valence-electron chi connectivity index (χ0n) is 12.8. The zero-order valence-corrected chi connectivity index (χ0v) is 12.8. The van der Waals surface area contributed by atoms with Crippen LogP contribution in [-0.4, -0.2) is 29.3 Å². The van der Waals surface area contributed by atoms with Gasteiger partial charge in [0, 0.05) is 19.0 Å². The number of urea groups is 1. The van der Waals surface area contributed by atoms with E-state index in [2.05, 4.69) is 15.7 Å². The van der Waals surface area contributed by atoms with Crippen LogP contribution in [0.4, 0.5) is 25.0 Å². The summed E-state index contributed by atoms with van der Waals surface area (Å²) < 4.78 is 30.8. The van der Waals surface area contributed by atoms with Crippen LogP contribution < -0.4 is 10.6 Å². The first-order valence-electron chi connectivity index (χ1n) is 6.99. The summed E-state index contributed by atoms with van der Waals surface area (Å²) in [6.07, 6.45) is 0.0649. The zero-order chi connectivity index (χ0) is 16.8. The molecular weight excluding hydrogens is 306 g/mol. The van der Waals surface area contributed by atoms with E-state index in [9.17, 15) is 13.6 Å². The van der Waals surface area contributed by atoms with Crippen LogP contribution in [0.5, 0.6) is 0 Å². The van der Waals surface area contributed by atoms with Crippen molar-refractivity contribution in [3.05, 3.63) is 42.2 Å². The second-order valence-corrected chi connectivity index (χ2v) is 4.92. The van der Waals surface area contributed by atoms with Gasteiger partial charge in [0.05, 0.1) is 18.0 Å². The minimum atomic E-state index is -2.50. The number of hydrogen-bond donors (Lipinski definition) is 2. The monoisotopic (exact) mass is 324 g/mol. The largest absolute Gasteiger partial charge is 0.377 e. The van der Waals surface area contributed by atoms with Crippen molar-refractivity contribution in [1.82, 2.24) is 9.78 Å². The maximum atomic E-state index is 12.2. The van der Waals surface area contributed by atoms with Gasteiger partial charge in [0.2, 0.25) is 0 Å². The molecule has 1 aromatic heterocycles. The lowest BCUT2D eigenvalue weighted by Gasteiger charge is -2.12. The SMILES string of the molecule is CO[C@@H](C)c1cccc(NC(=O)Nc2cnn(CC(F)F)c2)c1. The summed E-state index contributed by atoms with van der Waals surface area (Å²) in [5.41, 5.74) is 1.86. The van der Waals surface area contributed by atoms with Crippen LogP contribution >= 0.6 is 0 Å². The van der Waals surface area contributed by atoms with E-state index in [1.54, 1.807) is 25.3 Å². The summed E-state index contributed by atoms with van der Waals surface area (Å²) in [5, 5.41) is 8.95. The van der Waals surface area contributed by atoms with E-state index in [0.717, 1.165) is 10.2 Å². The normalized spacial score (nSPS) is 12.2. The van der Waals surface area contributed by atoms with Gasteiger partial charge in [-0.3, -0.25) is 4.68 Å². The highest BCUT2D eigenvalue weighted by Crippen LogP contribution is 2.19. The second kappa shape index (κ2) is 7.68. The predicted octanol–water partition coefficient (Wildman–Crippen LogP) is 3.50. The van der Waals surface area contributed by atoms with Crippen molar-refractivity contribution in [3.8, 4) is 0 Å². The van der Waals surface area contributed by atoms with Gasteiger partial charge in [-0.15, -0.1) is 0 Å². The highest BCUT2D eigenvalue weighted by atomic mass is 19.3. The van der Waals surface area contributed by atoms with Crippen LogP contribution in [0.15, 0.2) is 36.7 Å². The predicted molar refractivity (Wildman–Crippen MR) is 82.7 cm³/mol. The van der Waals surface area contributed by atoms with Gasteiger partial charge in [-0.05, 0) is 24.6 Å². The van der Waals surface area contributed by atoms with E-state index in [0.29, 0.717) is 11.4 Å². The minimum Gasteiger partial charge on any atom is -0.377 e. The molecule has 8 heteroatoms. The summed E-state index contributed by atoms with van der Waals surface area (Å²) in [7, 11) is 1.61. The van der Waals surface area contributed by atoms with Crippen molar-refractivity contribution >= 4 is 17.4 Å². The van der Waals surface area contributed by atoms with Gasteiger partial charge in [-0.25, -0.2) is 13.6 Å². The van der Waals surface area contributed by atoms with Crippen molar-refractivity contribution < 1.29 is 18.3 Å². The lowest BCUT2D eigenvalue weighted by Crippen LogP contribution is -2.19. The number of carbonyl (C=O) groups excluding carboxylic acids is 1. The van der Waals surface area contributed by atoms with Crippen LogP contribution in [-0.2, 0) is 11.3 Å². The molecule has 6 nitrogen and oxygen atoms in total. The van der Waals surface area contributed by atoms with Gasteiger partial charge in [-0.2, -0.15) is 5.10 Å². The molecule has 1 heterocycles. The molecule has 2 aromatic rings. The number of benzene rings is 1. The molecule has 124 valence electrons. The molecule has 2 amide bonds. The molecule has 0 unspecified atom stereocenters. The molecule has 0 saturated carbocycles. The first kappa shape index (κ1) is 16.9. The molecule has 23 heavy (non-hydrogen) atoms. The van der Waals surface area contributed by atoms with Gasteiger partial charge in [-0.1, -0.05) is 12.1 Å². The molecule has 2 rings (SSSR count). The number of alkyl halides is 2. The van der Waals surface area contributed by atoms with Crippen molar-refractivity contribution in [1.29, 1.82) is 0 Å². The molecule has 0 bridgehead atoms. The molecular formula is C15H18F2N4O2. The van der Waals surface area contributed by atoms with Crippen LogP contribution in [0.25, 0.3) is 0 Å². The number of hydrogen-bond acceptors (Lipinski definition) is 3. The van der Waals surface area contributed by atoms with E-state index in [-0.39, 0.29) is 6.10 Å². The third-order valence-corrected chi connectivity index (χ3v) is 3.18. The number of rotatable bonds is 6. The van der Waals surface area contributed by atoms with E-state index < -0.39 is 19.0 Å². The molecule has 1 aromatic carbocycles.